The molecule has 0 aliphatic rings. The predicted molar refractivity (Wildman–Crippen MR) is 312 cm³/mol. The van der Waals surface area contributed by atoms with Gasteiger partial charge < -0.3 is 14.2 Å². The third-order valence-corrected chi connectivity index (χ3v) is 15.6. The monoisotopic (exact) mass is 1020 g/mol. The van der Waals surface area contributed by atoms with Crippen LogP contribution < -0.4 is 0 Å². The molecule has 0 rings (SSSR count). The Labute approximate surface area is 450 Å². The lowest BCUT2D eigenvalue weighted by Gasteiger charge is -2.18. The molecule has 72 heavy (non-hydrogen) atoms. The lowest BCUT2D eigenvalue weighted by molar-refractivity contribution is -0.167. The smallest absolute Gasteiger partial charge is 0.306 e. The minimum absolute atomic E-state index is 0.0620. The standard InChI is InChI=1S/C66H128O6/c1-6-8-9-10-11-12-13-14-15-16-20-23-26-31-36-41-46-51-56-64(67)70-59-63(72-66(69)58-53-48-43-38-33-28-29-34-39-44-49-54-61(3)4)60-71-65(68)57-52-47-42-37-32-27-24-21-18-17-19-22-25-30-35-40-45-50-55-62(5)7-2/h61-63H,6-60H2,1-5H3/t62?,63-/m0/s1. The number of hydrogen-bond acceptors (Lipinski definition) is 6. The van der Waals surface area contributed by atoms with Crippen LogP contribution in [0.15, 0.2) is 0 Å². The Balaban J connectivity index is 4.24. The summed E-state index contributed by atoms with van der Waals surface area (Å²) in [6, 6.07) is 0. The molecule has 0 spiro atoms. The van der Waals surface area contributed by atoms with E-state index >= 15 is 0 Å². The van der Waals surface area contributed by atoms with E-state index in [-0.39, 0.29) is 31.1 Å². The molecular weight excluding hydrogens is 889 g/mol. The van der Waals surface area contributed by atoms with Crippen LogP contribution in [-0.4, -0.2) is 37.2 Å². The lowest BCUT2D eigenvalue weighted by Crippen LogP contribution is -2.30. The van der Waals surface area contributed by atoms with E-state index in [9.17, 15) is 14.4 Å². The van der Waals surface area contributed by atoms with E-state index in [0.717, 1.165) is 69.6 Å². The normalized spacial score (nSPS) is 12.4. The molecule has 0 fully saturated rings. The van der Waals surface area contributed by atoms with Gasteiger partial charge in [0.2, 0.25) is 0 Å². The highest BCUT2D eigenvalue weighted by Crippen LogP contribution is 2.19. The third-order valence-electron chi connectivity index (χ3n) is 15.6. The summed E-state index contributed by atoms with van der Waals surface area (Å²) in [4.78, 5) is 38.3. The van der Waals surface area contributed by atoms with Crippen molar-refractivity contribution in [2.75, 3.05) is 13.2 Å². The van der Waals surface area contributed by atoms with Crippen LogP contribution in [0.2, 0.25) is 0 Å². The molecule has 0 amide bonds. The second kappa shape index (κ2) is 58.7. The minimum atomic E-state index is -0.764. The Bertz CT molecular complexity index is 1110. The maximum Gasteiger partial charge on any atom is 0.306 e. The second-order valence-electron chi connectivity index (χ2n) is 23.5. The Morgan fingerprint density at radius 2 is 0.528 bits per heavy atom. The van der Waals surface area contributed by atoms with Gasteiger partial charge in [0.15, 0.2) is 6.10 Å². The van der Waals surface area contributed by atoms with E-state index in [0.29, 0.717) is 19.3 Å². The van der Waals surface area contributed by atoms with Gasteiger partial charge in [0.05, 0.1) is 0 Å². The molecular formula is C66H128O6. The molecule has 428 valence electrons. The quantitative estimate of drug-likeness (QED) is 0.0343. The lowest BCUT2D eigenvalue weighted by atomic mass is 9.99. The van der Waals surface area contributed by atoms with Crippen molar-refractivity contribution >= 4 is 17.9 Å². The van der Waals surface area contributed by atoms with E-state index in [1.807, 2.05) is 0 Å². The molecule has 0 aromatic heterocycles. The molecule has 6 heteroatoms. The fourth-order valence-electron chi connectivity index (χ4n) is 10.3. The van der Waals surface area contributed by atoms with Gasteiger partial charge in [0.1, 0.15) is 13.2 Å². The van der Waals surface area contributed by atoms with Gasteiger partial charge in [-0.1, -0.05) is 336 Å². The summed E-state index contributed by atoms with van der Waals surface area (Å²) < 4.78 is 17.0. The fraction of sp³-hybridized carbons (Fsp3) is 0.955. The number of esters is 3. The predicted octanol–water partition coefficient (Wildman–Crippen LogP) is 22.0. The Hall–Kier alpha value is -1.59. The zero-order valence-electron chi connectivity index (χ0n) is 49.6. The molecule has 0 bridgehead atoms. The molecule has 0 saturated carbocycles. The molecule has 0 aromatic rings. The van der Waals surface area contributed by atoms with Gasteiger partial charge in [-0.15, -0.1) is 0 Å². The van der Waals surface area contributed by atoms with Crippen molar-refractivity contribution in [2.45, 2.75) is 381 Å². The van der Waals surface area contributed by atoms with Crippen LogP contribution in [0.25, 0.3) is 0 Å². The van der Waals surface area contributed by atoms with E-state index in [1.54, 1.807) is 0 Å². The fourth-order valence-corrected chi connectivity index (χ4v) is 10.3. The van der Waals surface area contributed by atoms with E-state index in [4.69, 9.17) is 14.2 Å². The topological polar surface area (TPSA) is 78.9 Å². The van der Waals surface area contributed by atoms with E-state index in [1.165, 1.54) is 263 Å². The van der Waals surface area contributed by atoms with Crippen molar-refractivity contribution < 1.29 is 28.6 Å². The van der Waals surface area contributed by atoms with Gasteiger partial charge in [-0.2, -0.15) is 0 Å². The number of ether oxygens (including phenoxy) is 3. The van der Waals surface area contributed by atoms with Crippen molar-refractivity contribution in [1.29, 1.82) is 0 Å². The molecule has 6 nitrogen and oxygen atoms in total. The highest BCUT2D eigenvalue weighted by molar-refractivity contribution is 5.71. The first-order chi connectivity index (χ1) is 35.3. The van der Waals surface area contributed by atoms with Crippen molar-refractivity contribution in [1.82, 2.24) is 0 Å². The summed E-state index contributed by atoms with van der Waals surface area (Å²) in [6.07, 6.45) is 65.3. The Morgan fingerprint density at radius 1 is 0.292 bits per heavy atom. The molecule has 2 atom stereocenters. The SMILES string of the molecule is CCCCCCCCCCCCCCCCCCCCC(=O)OC[C@@H](COC(=O)CCCCCCCCCCCCCCCCCCCCC(C)CC)OC(=O)CCCCCCCCCCCCCC(C)C. The van der Waals surface area contributed by atoms with Gasteiger partial charge in [-0.3, -0.25) is 14.4 Å². The van der Waals surface area contributed by atoms with Crippen LogP contribution in [0.4, 0.5) is 0 Å². The average molecular weight is 1020 g/mol. The Kier molecular flexibility index (Phi) is 57.4. The molecule has 0 radical (unpaired) electrons. The highest BCUT2D eigenvalue weighted by atomic mass is 16.6. The molecule has 0 aromatic carbocycles. The molecule has 0 heterocycles. The summed E-state index contributed by atoms with van der Waals surface area (Å²) in [5.41, 5.74) is 0. The highest BCUT2D eigenvalue weighted by Gasteiger charge is 2.19. The van der Waals surface area contributed by atoms with Crippen molar-refractivity contribution in [3.05, 3.63) is 0 Å². The van der Waals surface area contributed by atoms with Gasteiger partial charge in [0.25, 0.3) is 0 Å². The molecule has 0 aliphatic heterocycles. The van der Waals surface area contributed by atoms with Crippen LogP contribution in [0.5, 0.6) is 0 Å². The molecule has 0 N–H and O–H groups in total. The van der Waals surface area contributed by atoms with Crippen LogP contribution in [0.3, 0.4) is 0 Å². The first kappa shape index (κ1) is 70.4. The van der Waals surface area contributed by atoms with E-state index in [2.05, 4.69) is 34.6 Å². The number of carbonyl (C=O) groups excluding carboxylic acids is 3. The summed E-state index contributed by atoms with van der Waals surface area (Å²) in [6.45, 7) is 11.5. The Morgan fingerprint density at radius 3 is 0.792 bits per heavy atom. The summed E-state index contributed by atoms with van der Waals surface area (Å²) in [7, 11) is 0. The maximum atomic E-state index is 12.9. The van der Waals surface area contributed by atoms with Crippen LogP contribution in [0.1, 0.15) is 375 Å². The number of carbonyl (C=O) groups is 3. The van der Waals surface area contributed by atoms with Crippen LogP contribution in [-0.2, 0) is 28.6 Å². The van der Waals surface area contributed by atoms with E-state index < -0.39 is 6.10 Å². The van der Waals surface area contributed by atoms with Crippen LogP contribution in [0, 0.1) is 11.8 Å². The average Bonchev–Trinajstić information content (AvgIpc) is 3.37. The van der Waals surface area contributed by atoms with Gasteiger partial charge >= 0.3 is 17.9 Å². The molecule has 1 unspecified atom stereocenters. The van der Waals surface area contributed by atoms with Crippen molar-refractivity contribution in [3.8, 4) is 0 Å². The second-order valence-corrected chi connectivity index (χ2v) is 23.5. The van der Waals surface area contributed by atoms with Crippen molar-refractivity contribution in [2.24, 2.45) is 11.8 Å². The number of rotatable bonds is 60. The van der Waals surface area contributed by atoms with Crippen molar-refractivity contribution in [3.63, 3.8) is 0 Å². The maximum absolute atomic E-state index is 12.9. The number of unbranched alkanes of at least 4 members (excludes halogenated alkanes) is 44. The third kappa shape index (κ3) is 57.7. The zero-order chi connectivity index (χ0) is 52.5. The minimum Gasteiger partial charge on any atom is -0.462 e. The van der Waals surface area contributed by atoms with Crippen LogP contribution >= 0.6 is 0 Å². The summed E-state index contributed by atoms with van der Waals surface area (Å²) in [5, 5.41) is 0. The summed E-state index contributed by atoms with van der Waals surface area (Å²) in [5.74, 6) is 0.904. The summed E-state index contributed by atoms with van der Waals surface area (Å²) >= 11 is 0. The molecule has 0 saturated heterocycles. The van der Waals surface area contributed by atoms with Gasteiger partial charge in [0, 0.05) is 19.3 Å². The number of hydrogen-bond donors (Lipinski definition) is 0. The first-order valence-corrected chi connectivity index (χ1v) is 32.8. The van der Waals surface area contributed by atoms with Gasteiger partial charge in [-0.25, -0.2) is 0 Å². The zero-order valence-corrected chi connectivity index (χ0v) is 49.6. The largest absolute Gasteiger partial charge is 0.462 e. The first-order valence-electron chi connectivity index (χ1n) is 32.8. The van der Waals surface area contributed by atoms with Gasteiger partial charge in [-0.05, 0) is 31.1 Å². The molecule has 0 aliphatic carbocycles.